The molecule has 0 saturated heterocycles. The van der Waals surface area contributed by atoms with Gasteiger partial charge in [0.2, 0.25) is 5.76 Å². The maximum atomic E-state index is 13.1. The highest BCUT2D eigenvalue weighted by atomic mass is 16.5. The van der Waals surface area contributed by atoms with Crippen LogP contribution < -0.4 is 10.2 Å². The van der Waals surface area contributed by atoms with Crippen molar-refractivity contribution in [2.45, 2.75) is 13.0 Å². The summed E-state index contributed by atoms with van der Waals surface area (Å²) < 4.78 is 11.0. The molecule has 0 radical (unpaired) electrons. The maximum Gasteiger partial charge on any atom is 0.290 e. The largest absolute Gasteiger partial charge is 0.497 e. The van der Waals surface area contributed by atoms with Gasteiger partial charge in [-0.25, -0.2) is 0 Å². The van der Waals surface area contributed by atoms with E-state index in [0.717, 1.165) is 11.3 Å². The SMILES string of the molecule is CCN1C(=O)c2oc3ccccc3c(=O)c2C1c1ccc(OC)cc1. The molecule has 1 unspecified atom stereocenters. The van der Waals surface area contributed by atoms with Crippen LogP contribution in [-0.4, -0.2) is 24.5 Å². The number of fused-ring (bicyclic) bond motifs is 2. The molecule has 5 nitrogen and oxygen atoms in total. The van der Waals surface area contributed by atoms with Crippen molar-refractivity contribution < 1.29 is 13.9 Å². The quantitative estimate of drug-likeness (QED) is 0.736. The van der Waals surface area contributed by atoms with Crippen LogP contribution in [0, 0.1) is 0 Å². The summed E-state index contributed by atoms with van der Waals surface area (Å²) in [5, 5.41) is 0.491. The third-order valence-electron chi connectivity index (χ3n) is 4.65. The summed E-state index contributed by atoms with van der Waals surface area (Å²) in [6, 6.07) is 14.0. The molecule has 0 spiro atoms. The minimum atomic E-state index is -0.445. The van der Waals surface area contributed by atoms with Crippen LogP contribution in [0.4, 0.5) is 0 Å². The standard InChI is InChI=1S/C20H17NO4/c1-3-21-17(12-8-10-13(24-2)11-9-12)16-18(22)14-6-4-5-7-15(14)25-19(16)20(21)23/h4-11,17H,3H2,1-2H3. The van der Waals surface area contributed by atoms with E-state index in [2.05, 4.69) is 0 Å². The van der Waals surface area contributed by atoms with E-state index >= 15 is 0 Å². The normalized spacial score (nSPS) is 16.3. The van der Waals surface area contributed by atoms with Gasteiger partial charge in [-0.15, -0.1) is 0 Å². The molecule has 4 rings (SSSR count). The second-order valence-electron chi connectivity index (χ2n) is 5.94. The molecule has 3 aromatic rings. The number of carbonyl (C=O) groups is 1. The highest BCUT2D eigenvalue weighted by molar-refractivity contribution is 5.99. The number of benzene rings is 2. The van der Waals surface area contributed by atoms with Crippen molar-refractivity contribution in [1.82, 2.24) is 4.90 Å². The van der Waals surface area contributed by atoms with Gasteiger partial charge in [0.1, 0.15) is 11.3 Å². The average molecular weight is 335 g/mol. The minimum absolute atomic E-state index is 0.145. The molecule has 1 aromatic heterocycles. The Morgan fingerprint density at radius 1 is 1.08 bits per heavy atom. The highest BCUT2D eigenvalue weighted by Crippen LogP contribution is 2.38. The van der Waals surface area contributed by atoms with Crippen LogP contribution in [0.3, 0.4) is 0 Å². The van der Waals surface area contributed by atoms with Gasteiger partial charge in [0.25, 0.3) is 5.91 Å². The first-order valence-electron chi connectivity index (χ1n) is 8.16. The van der Waals surface area contributed by atoms with Gasteiger partial charge in [-0.3, -0.25) is 9.59 Å². The van der Waals surface area contributed by atoms with Crippen molar-refractivity contribution in [2.24, 2.45) is 0 Å². The van der Waals surface area contributed by atoms with Gasteiger partial charge in [0.05, 0.1) is 24.1 Å². The molecule has 0 N–H and O–H groups in total. The first kappa shape index (κ1) is 15.4. The van der Waals surface area contributed by atoms with Crippen LogP contribution in [0.2, 0.25) is 0 Å². The van der Waals surface area contributed by atoms with Crippen molar-refractivity contribution in [3.8, 4) is 5.75 Å². The van der Waals surface area contributed by atoms with E-state index in [0.29, 0.717) is 23.1 Å². The van der Waals surface area contributed by atoms with Gasteiger partial charge in [-0.05, 0) is 36.8 Å². The van der Waals surface area contributed by atoms with Crippen molar-refractivity contribution in [2.75, 3.05) is 13.7 Å². The Morgan fingerprint density at radius 2 is 1.80 bits per heavy atom. The monoisotopic (exact) mass is 335 g/mol. The first-order valence-corrected chi connectivity index (χ1v) is 8.16. The average Bonchev–Trinajstić information content (AvgIpc) is 2.94. The molecular weight excluding hydrogens is 318 g/mol. The Kier molecular flexibility index (Phi) is 3.57. The Hall–Kier alpha value is -3.08. The smallest absolute Gasteiger partial charge is 0.290 e. The number of hydrogen-bond donors (Lipinski definition) is 0. The Labute approximate surface area is 144 Å². The number of para-hydroxylation sites is 1. The summed E-state index contributed by atoms with van der Waals surface area (Å²) in [4.78, 5) is 27.5. The van der Waals surface area contributed by atoms with Gasteiger partial charge in [0.15, 0.2) is 5.43 Å². The van der Waals surface area contributed by atoms with Crippen LogP contribution in [0.5, 0.6) is 5.75 Å². The molecule has 0 saturated carbocycles. The molecule has 0 fully saturated rings. The maximum absolute atomic E-state index is 13.1. The van der Waals surface area contributed by atoms with E-state index in [1.807, 2.05) is 31.2 Å². The number of methoxy groups -OCH3 is 1. The Balaban J connectivity index is 1.98. The second-order valence-corrected chi connectivity index (χ2v) is 5.94. The zero-order valence-electron chi connectivity index (χ0n) is 14.0. The predicted octanol–water partition coefficient (Wildman–Crippen LogP) is 3.37. The molecule has 1 amide bonds. The lowest BCUT2D eigenvalue weighted by Crippen LogP contribution is -2.29. The molecule has 1 atom stereocenters. The lowest BCUT2D eigenvalue weighted by Gasteiger charge is -2.23. The lowest BCUT2D eigenvalue weighted by molar-refractivity contribution is 0.0738. The summed E-state index contributed by atoms with van der Waals surface area (Å²) >= 11 is 0. The summed E-state index contributed by atoms with van der Waals surface area (Å²) in [5.74, 6) is 0.620. The topological polar surface area (TPSA) is 59.8 Å². The number of ether oxygens (including phenoxy) is 1. The third kappa shape index (κ3) is 2.23. The number of hydrogen-bond acceptors (Lipinski definition) is 4. The van der Waals surface area contributed by atoms with Crippen molar-refractivity contribution >= 4 is 16.9 Å². The summed E-state index contributed by atoms with van der Waals surface area (Å²) in [6.45, 7) is 2.38. The molecule has 0 aliphatic carbocycles. The zero-order valence-corrected chi connectivity index (χ0v) is 14.0. The second kappa shape index (κ2) is 5.77. The van der Waals surface area contributed by atoms with Gasteiger partial charge in [-0.2, -0.15) is 0 Å². The van der Waals surface area contributed by atoms with E-state index in [1.54, 1.807) is 36.3 Å². The number of amides is 1. The van der Waals surface area contributed by atoms with Gasteiger partial charge in [-0.1, -0.05) is 24.3 Å². The highest BCUT2D eigenvalue weighted by Gasteiger charge is 2.41. The molecule has 2 heterocycles. The van der Waals surface area contributed by atoms with Crippen LogP contribution in [-0.2, 0) is 0 Å². The molecule has 2 aromatic carbocycles. The van der Waals surface area contributed by atoms with Gasteiger partial charge in [0, 0.05) is 6.54 Å². The summed E-state index contributed by atoms with van der Waals surface area (Å²) in [7, 11) is 1.60. The third-order valence-corrected chi connectivity index (χ3v) is 4.65. The number of carbonyl (C=O) groups excluding carboxylic acids is 1. The molecule has 0 bridgehead atoms. The molecule has 5 heteroatoms. The fourth-order valence-corrected chi connectivity index (χ4v) is 3.43. The summed E-state index contributed by atoms with van der Waals surface area (Å²) in [6.07, 6.45) is 0. The van der Waals surface area contributed by atoms with E-state index < -0.39 is 6.04 Å². The number of nitrogens with zero attached hydrogens (tertiary/aromatic N) is 1. The van der Waals surface area contributed by atoms with E-state index in [4.69, 9.17) is 9.15 Å². The minimum Gasteiger partial charge on any atom is -0.497 e. The van der Waals surface area contributed by atoms with Crippen LogP contribution in [0.1, 0.15) is 34.6 Å². The van der Waals surface area contributed by atoms with Gasteiger partial charge < -0.3 is 14.1 Å². The Morgan fingerprint density at radius 3 is 2.48 bits per heavy atom. The molecule has 25 heavy (non-hydrogen) atoms. The van der Waals surface area contributed by atoms with Crippen molar-refractivity contribution in [3.63, 3.8) is 0 Å². The fraction of sp³-hybridized carbons (Fsp3) is 0.200. The van der Waals surface area contributed by atoms with Crippen LogP contribution in [0.15, 0.2) is 57.7 Å². The molecule has 1 aliphatic heterocycles. The molecule has 126 valence electrons. The zero-order chi connectivity index (χ0) is 17.6. The van der Waals surface area contributed by atoms with E-state index in [-0.39, 0.29) is 17.1 Å². The fourth-order valence-electron chi connectivity index (χ4n) is 3.43. The summed E-state index contributed by atoms with van der Waals surface area (Å²) in [5.41, 5.74) is 1.56. The van der Waals surface area contributed by atoms with Crippen LogP contribution >= 0.6 is 0 Å². The van der Waals surface area contributed by atoms with Crippen molar-refractivity contribution in [3.05, 3.63) is 75.6 Å². The van der Waals surface area contributed by atoms with Gasteiger partial charge >= 0.3 is 0 Å². The molecular formula is C20H17NO4. The van der Waals surface area contributed by atoms with E-state index in [1.165, 1.54) is 0 Å². The Bertz CT molecular complexity index is 1020. The molecule has 1 aliphatic rings. The van der Waals surface area contributed by atoms with Crippen LogP contribution in [0.25, 0.3) is 11.0 Å². The van der Waals surface area contributed by atoms with Crippen molar-refractivity contribution in [1.29, 1.82) is 0 Å². The number of rotatable bonds is 3. The first-order chi connectivity index (χ1) is 12.2. The van der Waals surface area contributed by atoms with E-state index in [9.17, 15) is 9.59 Å². The lowest BCUT2D eigenvalue weighted by atomic mass is 9.98. The predicted molar refractivity (Wildman–Crippen MR) is 94.0 cm³/mol.